The van der Waals surface area contributed by atoms with Gasteiger partial charge in [-0.2, -0.15) is 0 Å². The SMILES string of the molecule is Cl.NCC[C@@H](N)c1cc(F)cc(Cl)c1O. The van der Waals surface area contributed by atoms with Crippen LogP contribution < -0.4 is 11.5 Å². The number of benzene rings is 1. The normalized spacial score (nSPS) is 12.0. The van der Waals surface area contributed by atoms with E-state index in [9.17, 15) is 9.50 Å². The van der Waals surface area contributed by atoms with Gasteiger partial charge < -0.3 is 16.6 Å². The third-order valence-corrected chi connectivity index (χ3v) is 2.22. The van der Waals surface area contributed by atoms with Crippen molar-refractivity contribution < 1.29 is 9.50 Å². The summed E-state index contributed by atoms with van der Waals surface area (Å²) in [5, 5.41) is 9.46. The van der Waals surface area contributed by atoms with Crippen molar-refractivity contribution in [1.29, 1.82) is 0 Å². The molecule has 0 aliphatic heterocycles. The molecule has 0 unspecified atom stereocenters. The number of phenols is 1. The molecule has 6 heteroatoms. The Morgan fingerprint density at radius 3 is 2.60 bits per heavy atom. The van der Waals surface area contributed by atoms with Crippen molar-refractivity contribution in [3.8, 4) is 5.75 Å². The van der Waals surface area contributed by atoms with Crippen LogP contribution in [-0.2, 0) is 0 Å². The van der Waals surface area contributed by atoms with Crippen LogP contribution in [0.2, 0.25) is 5.02 Å². The Balaban J connectivity index is 0.00000196. The van der Waals surface area contributed by atoms with Gasteiger partial charge in [0.25, 0.3) is 0 Å². The Morgan fingerprint density at radius 2 is 2.07 bits per heavy atom. The van der Waals surface area contributed by atoms with E-state index in [0.29, 0.717) is 18.5 Å². The van der Waals surface area contributed by atoms with Crippen molar-refractivity contribution in [2.24, 2.45) is 11.5 Å². The van der Waals surface area contributed by atoms with Crippen LogP contribution in [0.1, 0.15) is 18.0 Å². The largest absolute Gasteiger partial charge is 0.506 e. The number of rotatable bonds is 3. The Morgan fingerprint density at radius 1 is 1.47 bits per heavy atom. The van der Waals surface area contributed by atoms with Crippen LogP contribution in [0, 0.1) is 5.82 Å². The molecule has 0 heterocycles. The Bertz CT molecular complexity index is 336. The topological polar surface area (TPSA) is 72.3 Å². The average Bonchev–Trinajstić information content (AvgIpc) is 2.11. The van der Waals surface area contributed by atoms with Crippen molar-refractivity contribution in [3.05, 3.63) is 28.5 Å². The first-order chi connectivity index (χ1) is 6.56. The smallest absolute Gasteiger partial charge is 0.139 e. The maximum atomic E-state index is 12.9. The van der Waals surface area contributed by atoms with Gasteiger partial charge in [-0.15, -0.1) is 12.4 Å². The zero-order valence-corrected chi connectivity index (χ0v) is 9.48. The molecule has 0 spiro atoms. The molecule has 1 aromatic carbocycles. The van der Waals surface area contributed by atoms with Crippen LogP contribution in [0.15, 0.2) is 12.1 Å². The van der Waals surface area contributed by atoms with Gasteiger partial charge in [0.15, 0.2) is 0 Å². The number of halogens is 3. The number of aromatic hydroxyl groups is 1. The second-order valence-electron chi connectivity index (χ2n) is 3.01. The summed E-state index contributed by atoms with van der Waals surface area (Å²) in [6, 6.07) is 1.71. The zero-order chi connectivity index (χ0) is 10.7. The molecule has 5 N–H and O–H groups in total. The highest BCUT2D eigenvalue weighted by Gasteiger charge is 2.14. The van der Waals surface area contributed by atoms with Gasteiger partial charge in [-0.25, -0.2) is 4.39 Å². The molecule has 0 saturated carbocycles. The highest BCUT2D eigenvalue weighted by atomic mass is 35.5. The lowest BCUT2D eigenvalue weighted by atomic mass is 10.0. The van der Waals surface area contributed by atoms with E-state index in [1.807, 2.05) is 0 Å². The van der Waals surface area contributed by atoms with E-state index in [1.165, 1.54) is 6.07 Å². The molecule has 0 radical (unpaired) electrons. The highest BCUT2D eigenvalue weighted by Crippen LogP contribution is 2.32. The maximum Gasteiger partial charge on any atom is 0.139 e. The van der Waals surface area contributed by atoms with E-state index < -0.39 is 11.9 Å². The summed E-state index contributed by atoms with van der Waals surface area (Å²) < 4.78 is 12.9. The fourth-order valence-corrected chi connectivity index (χ4v) is 1.42. The number of nitrogens with two attached hydrogens (primary N) is 2. The van der Waals surface area contributed by atoms with Gasteiger partial charge in [0.1, 0.15) is 11.6 Å². The summed E-state index contributed by atoms with van der Waals surface area (Å²) in [5.41, 5.74) is 11.3. The van der Waals surface area contributed by atoms with Gasteiger partial charge >= 0.3 is 0 Å². The fraction of sp³-hybridized carbons (Fsp3) is 0.333. The van der Waals surface area contributed by atoms with Crippen molar-refractivity contribution >= 4 is 24.0 Å². The number of phenolic OH excluding ortho intramolecular Hbond substituents is 1. The standard InChI is InChI=1S/C9H12ClFN2O.ClH/c10-7-4-5(11)3-6(9(7)14)8(13)1-2-12;/h3-4,8,14H,1-2,12-13H2;1H/t8-;/m1./s1. The lowest BCUT2D eigenvalue weighted by molar-refractivity contribution is 0.456. The Hall–Kier alpha value is -0.550. The van der Waals surface area contributed by atoms with Crippen LogP contribution in [0.4, 0.5) is 4.39 Å². The average molecular weight is 255 g/mol. The molecule has 0 amide bonds. The first-order valence-corrected chi connectivity index (χ1v) is 4.57. The van der Waals surface area contributed by atoms with E-state index in [2.05, 4.69) is 0 Å². The summed E-state index contributed by atoms with van der Waals surface area (Å²) in [7, 11) is 0. The quantitative estimate of drug-likeness (QED) is 0.773. The molecule has 86 valence electrons. The lowest BCUT2D eigenvalue weighted by Crippen LogP contribution is -2.15. The minimum Gasteiger partial charge on any atom is -0.506 e. The molecule has 0 aromatic heterocycles. The van der Waals surface area contributed by atoms with Crippen LogP contribution in [0.25, 0.3) is 0 Å². The van der Waals surface area contributed by atoms with Gasteiger partial charge in [-0.3, -0.25) is 0 Å². The summed E-state index contributed by atoms with van der Waals surface area (Å²) in [6.07, 6.45) is 0.466. The minimum atomic E-state index is -0.518. The first-order valence-electron chi connectivity index (χ1n) is 4.19. The van der Waals surface area contributed by atoms with Crippen LogP contribution >= 0.6 is 24.0 Å². The molecule has 1 aromatic rings. The minimum absolute atomic E-state index is 0. The third kappa shape index (κ3) is 3.50. The molecule has 0 fully saturated rings. The van der Waals surface area contributed by atoms with Crippen molar-refractivity contribution in [2.45, 2.75) is 12.5 Å². The summed E-state index contributed by atoms with van der Waals surface area (Å²) >= 11 is 5.59. The van der Waals surface area contributed by atoms with Gasteiger partial charge in [0.2, 0.25) is 0 Å². The monoisotopic (exact) mass is 254 g/mol. The van der Waals surface area contributed by atoms with Crippen molar-refractivity contribution in [2.75, 3.05) is 6.54 Å². The van der Waals surface area contributed by atoms with E-state index in [4.69, 9.17) is 23.1 Å². The predicted molar refractivity (Wildman–Crippen MR) is 60.9 cm³/mol. The Kier molecular flexibility index (Phi) is 5.90. The van der Waals surface area contributed by atoms with Crippen LogP contribution in [0.3, 0.4) is 0 Å². The van der Waals surface area contributed by atoms with Gasteiger partial charge in [0, 0.05) is 11.6 Å². The highest BCUT2D eigenvalue weighted by molar-refractivity contribution is 6.32. The summed E-state index contributed by atoms with van der Waals surface area (Å²) in [6.45, 7) is 0.370. The molecule has 15 heavy (non-hydrogen) atoms. The molecule has 0 aliphatic rings. The zero-order valence-electron chi connectivity index (χ0n) is 7.91. The molecule has 0 aliphatic carbocycles. The lowest BCUT2D eigenvalue weighted by Gasteiger charge is -2.13. The Labute approximate surface area is 98.6 Å². The summed E-state index contributed by atoms with van der Waals surface area (Å²) in [4.78, 5) is 0. The molecule has 3 nitrogen and oxygen atoms in total. The molecule has 1 atom stereocenters. The molecular formula is C9H13Cl2FN2O. The van der Waals surface area contributed by atoms with Crippen LogP contribution in [-0.4, -0.2) is 11.7 Å². The molecule has 0 saturated heterocycles. The van der Waals surface area contributed by atoms with Crippen molar-refractivity contribution in [1.82, 2.24) is 0 Å². The second kappa shape index (κ2) is 6.12. The number of hydrogen-bond donors (Lipinski definition) is 3. The van der Waals surface area contributed by atoms with E-state index >= 15 is 0 Å². The van der Waals surface area contributed by atoms with E-state index in [1.54, 1.807) is 0 Å². The van der Waals surface area contributed by atoms with Crippen molar-refractivity contribution in [3.63, 3.8) is 0 Å². The number of hydrogen-bond acceptors (Lipinski definition) is 3. The molecular weight excluding hydrogens is 242 g/mol. The molecule has 1 rings (SSSR count). The second-order valence-corrected chi connectivity index (χ2v) is 3.42. The first kappa shape index (κ1) is 14.5. The van der Waals surface area contributed by atoms with Gasteiger partial charge in [0.05, 0.1) is 5.02 Å². The van der Waals surface area contributed by atoms with Gasteiger partial charge in [-0.1, -0.05) is 11.6 Å². The van der Waals surface area contributed by atoms with Gasteiger partial charge in [-0.05, 0) is 25.1 Å². The van der Waals surface area contributed by atoms with E-state index in [-0.39, 0.29) is 23.2 Å². The summed E-state index contributed by atoms with van der Waals surface area (Å²) in [5.74, 6) is -0.690. The molecule has 0 bridgehead atoms. The van der Waals surface area contributed by atoms with E-state index in [0.717, 1.165) is 6.07 Å². The maximum absolute atomic E-state index is 12.9. The predicted octanol–water partition coefficient (Wildman–Crippen LogP) is 1.96. The third-order valence-electron chi connectivity index (χ3n) is 1.93. The van der Waals surface area contributed by atoms with Crippen LogP contribution in [0.5, 0.6) is 5.75 Å². The fourth-order valence-electron chi connectivity index (χ4n) is 1.20.